The number of hydrogen-bond donors (Lipinski definition) is 0. The Morgan fingerprint density at radius 2 is 1.58 bits per heavy atom. The minimum Gasteiger partial charge on any atom is -0.462 e. The molecule has 0 amide bonds. The standard InChI is InChI=1S/C24H36O7/c1-23(2,3)21(25)29-15-19-17(31-22(26)24(4,5)6)13-18(20(27-7)30-19)28-14-16-11-9-8-10-12-16/h8-12,17-20H,13-15H2,1-7H3/t17-,18+,19+,20-/m0/s1. The highest BCUT2D eigenvalue weighted by Gasteiger charge is 2.43. The quantitative estimate of drug-likeness (QED) is 0.600. The summed E-state index contributed by atoms with van der Waals surface area (Å²) in [5.41, 5.74) is -0.304. The molecule has 2 rings (SSSR count). The van der Waals surface area contributed by atoms with Crippen molar-refractivity contribution >= 4 is 11.9 Å². The molecule has 31 heavy (non-hydrogen) atoms. The molecule has 1 aliphatic heterocycles. The van der Waals surface area contributed by atoms with Crippen molar-refractivity contribution in [2.24, 2.45) is 10.8 Å². The Kier molecular flexibility index (Phi) is 8.63. The average Bonchev–Trinajstić information content (AvgIpc) is 2.70. The van der Waals surface area contributed by atoms with Crippen LogP contribution in [-0.4, -0.2) is 50.3 Å². The van der Waals surface area contributed by atoms with Gasteiger partial charge in [-0.05, 0) is 47.1 Å². The summed E-state index contributed by atoms with van der Waals surface area (Å²) in [5, 5.41) is 0. The highest BCUT2D eigenvalue weighted by molar-refractivity contribution is 5.76. The fourth-order valence-electron chi connectivity index (χ4n) is 2.93. The fourth-order valence-corrected chi connectivity index (χ4v) is 2.93. The van der Waals surface area contributed by atoms with E-state index in [-0.39, 0.29) is 18.5 Å². The van der Waals surface area contributed by atoms with Gasteiger partial charge >= 0.3 is 11.9 Å². The van der Waals surface area contributed by atoms with E-state index in [1.165, 1.54) is 7.11 Å². The zero-order valence-corrected chi connectivity index (χ0v) is 19.7. The van der Waals surface area contributed by atoms with Crippen molar-refractivity contribution in [3.8, 4) is 0 Å². The van der Waals surface area contributed by atoms with Gasteiger partial charge in [0.15, 0.2) is 6.29 Å². The molecule has 1 aromatic carbocycles. The molecule has 0 unspecified atom stereocenters. The summed E-state index contributed by atoms with van der Waals surface area (Å²) in [5.74, 6) is -0.709. The summed E-state index contributed by atoms with van der Waals surface area (Å²) in [6.07, 6.45) is -2.04. The third-order valence-electron chi connectivity index (χ3n) is 4.89. The molecule has 7 nitrogen and oxygen atoms in total. The summed E-state index contributed by atoms with van der Waals surface area (Å²) < 4.78 is 28.8. The Balaban J connectivity index is 2.12. The van der Waals surface area contributed by atoms with E-state index in [9.17, 15) is 9.59 Å². The van der Waals surface area contributed by atoms with Gasteiger partial charge in [-0.3, -0.25) is 9.59 Å². The summed E-state index contributed by atoms with van der Waals surface area (Å²) in [6, 6.07) is 9.76. The lowest BCUT2D eigenvalue weighted by atomic mass is 9.96. The molecule has 0 aromatic heterocycles. The van der Waals surface area contributed by atoms with Gasteiger partial charge in [0.1, 0.15) is 24.9 Å². The SMILES string of the molecule is CO[C@H]1O[C@H](COC(=O)C(C)(C)C)[C@@H](OC(=O)C(C)(C)C)C[C@H]1OCc1ccccc1. The van der Waals surface area contributed by atoms with Crippen LogP contribution in [0.15, 0.2) is 30.3 Å². The van der Waals surface area contributed by atoms with E-state index < -0.39 is 35.4 Å². The van der Waals surface area contributed by atoms with Gasteiger partial charge in [0, 0.05) is 13.5 Å². The van der Waals surface area contributed by atoms with Gasteiger partial charge in [0.25, 0.3) is 0 Å². The fraction of sp³-hybridized carbons (Fsp3) is 0.667. The van der Waals surface area contributed by atoms with E-state index >= 15 is 0 Å². The van der Waals surface area contributed by atoms with Gasteiger partial charge in [-0.1, -0.05) is 30.3 Å². The van der Waals surface area contributed by atoms with Gasteiger partial charge in [-0.15, -0.1) is 0 Å². The molecule has 7 heteroatoms. The van der Waals surface area contributed by atoms with Crippen LogP contribution in [0, 0.1) is 10.8 Å². The van der Waals surface area contributed by atoms with E-state index in [1.807, 2.05) is 30.3 Å². The molecule has 4 atom stereocenters. The predicted octanol–water partition coefficient (Wildman–Crippen LogP) is 3.88. The van der Waals surface area contributed by atoms with Crippen molar-refractivity contribution in [1.82, 2.24) is 0 Å². The molecule has 1 aliphatic rings. The lowest BCUT2D eigenvalue weighted by molar-refractivity contribution is -0.278. The normalized spacial score (nSPS) is 24.5. The van der Waals surface area contributed by atoms with Crippen LogP contribution in [0.2, 0.25) is 0 Å². The van der Waals surface area contributed by atoms with E-state index in [2.05, 4.69) is 0 Å². The molecule has 0 saturated carbocycles. The topological polar surface area (TPSA) is 80.3 Å². The largest absolute Gasteiger partial charge is 0.462 e. The molecular weight excluding hydrogens is 400 g/mol. The van der Waals surface area contributed by atoms with Crippen LogP contribution < -0.4 is 0 Å². The third-order valence-corrected chi connectivity index (χ3v) is 4.89. The van der Waals surface area contributed by atoms with Gasteiger partial charge in [0.2, 0.25) is 0 Å². The second-order valence-electron chi connectivity index (χ2n) is 9.89. The van der Waals surface area contributed by atoms with Crippen LogP contribution in [-0.2, 0) is 39.9 Å². The lowest BCUT2D eigenvalue weighted by Crippen LogP contribution is -2.53. The van der Waals surface area contributed by atoms with E-state index in [0.29, 0.717) is 13.0 Å². The van der Waals surface area contributed by atoms with E-state index in [4.69, 9.17) is 23.7 Å². The van der Waals surface area contributed by atoms with Crippen LogP contribution in [0.25, 0.3) is 0 Å². The molecule has 0 spiro atoms. The molecule has 1 aromatic rings. The third kappa shape index (κ3) is 7.59. The smallest absolute Gasteiger partial charge is 0.311 e. The Morgan fingerprint density at radius 3 is 2.13 bits per heavy atom. The predicted molar refractivity (Wildman–Crippen MR) is 115 cm³/mol. The number of hydrogen-bond acceptors (Lipinski definition) is 7. The van der Waals surface area contributed by atoms with Crippen LogP contribution in [0.1, 0.15) is 53.5 Å². The number of methoxy groups -OCH3 is 1. The first-order valence-corrected chi connectivity index (χ1v) is 10.6. The maximum Gasteiger partial charge on any atom is 0.311 e. The molecule has 1 fully saturated rings. The summed E-state index contributed by atoms with van der Waals surface area (Å²) in [7, 11) is 1.53. The van der Waals surface area contributed by atoms with Crippen LogP contribution in [0.4, 0.5) is 0 Å². The molecule has 174 valence electrons. The molecule has 0 aliphatic carbocycles. The summed E-state index contributed by atoms with van der Waals surface area (Å²) in [6.45, 7) is 11.0. The van der Waals surface area contributed by atoms with Crippen molar-refractivity contribution in [2.75, 3.05) is 13.7 Å². The number of carbonyl (C=O) groups excluding carboxylic acids is 2. The second-order valence-corrected chi connectivity index (χ2v) is 9.89. The first kappa shape index (κ1) is 25.3. The number of ether oxygens (including phenoxy) is 5. The Bertz CT molecular complexity index is 718. The Labute approximate surface area is 185 Å². The molecule has 0 radical (unpaired) electrons. The maximum atomic E-state index is 12.6. The highest BCUT2D eigenvalue weighted by atomic mass is 16.7. The highest BCUT2D eigenvalue weighted by Crippen LogP contribution is 2.29. The first-order valence-electron chi connectivity index (χ1n) is 10.6. The van der Waals surface area contributed by atoms with Gasteiger partial charge < -0.3 is 23.7 Å². The summed E-state index contributed by atoms with van der Waals surface area (Å²) in [4.78, 5) is 24.8. The second kappa shape index (κ2) is 10.6. The Hall–Kier alpha value is -1.96. The minimum atomic E-state index is -0.675. The minimum absolute atomic E-state index is 0.0382. The average molecular weight is 437 g/mol. The van der Waals surface area contributed by atoms with Crippen molar-refractivity contribution < 1.29 is 33.3 Å². The van der Waals surface area contributed by atoms with Crippen LogP contribution >= 0.6 is 0 Å². The molecule has 0 bridgehead atoms. The molecule has 1 saturated heterocycles. The molecule has 0 N–H and O–H groups in total. The van der Waals surface area contributed by atoms with Crippen molar-refractivity contribution in [3.63, 3.8) is 0 Å². The zero-order valence-electron chi connectivity index (χ0n) is 19.7. The first-order chi connectivity index (χ1) is 14.4. The van der Waals surface area contributed by atoms with Crippen molar-refractivity contribution in [2.45, 2.75) is 79.2 Å². The number of carbonyl (C=O) groups is 2. The van der Waals surface area contributed by atoms with Gasteiger partial charge in [-0.25, -0.2) is 0 Å². The van der Waals surface area contributed by atoms with Gasteiger partial charge in [-0.2, -0.15) is 0 Å². The van der Waals surface area contributed by atoms with E-state index in [1.54, 1.807) is 41.5 Å². The van der Waals surface area contributed by atoms with Gasteiger partial charge in [0.05, 0.1) is 17.4 Å². The van der Waals surface area contributed by atoms with Crippen molar-refractivity contribution in [1.29, 1.82) is 0 Å². The molecule has 1 heterocycles. The van der Waals surface area contributed by atoms with Crippen LogP contribution in [0.5, 0.6) is 0 Å². The summed E-state index contributed by atoms with van der Waals surface area (Å²) >= 11 is 0. The lowest BCUT2D eigenvalue weighted by Gasteiger charge is -2.40. The van der Waals surface area contributed by atoms with Crippen LogP contribution in [0.3, 0.4) is 0 Å². The monoisotopic (exact) mass is 436 g/mol. The maximum absolute atomic E-state index is 12.6. The number of benzene rings is 1. The number of esters is 2. The van der Waals surface area contributed by atoms with Crippen molar-refractivity contribution in [3.05, 3.63) is 35.9 Å². The number of rotatable bonds is 7. The zero-order chi connectivity index (χ0) is 23.2. The van der Waals surface area contributed by atoms with E-state index in [0.717, 1.165) is 5.56 Å². The molecular formula is C24H36O7. The Morgan fingerprint density at radius 1 is 0.968 bits per heavy atom.